The third kappa shape index (κ3) is 4.21. The zero-order chi connectivity index (χ0) is 21.1. The minimum absolute atomic E-state index is 0.101. The van der Waals surface area contributed by atoms with Crippen LogP contribution in [-0.4, -0.2) is 26.4 Å². The van der Waals surface area contributed by atoms with E-state index < -0.39 is 0 Å². The van der Waals surface area contributed by atoms with E-state index in [1.165, 1.54) is 23.2 Å². The van der Waals surface area contributed by atoms with E-state index in [-0.39, 0.29) is 23.5 Å². The Morgan fingerprint density at radius 2 is 1.80 bits per heavy atom. The van der Waals surface area contributed by atoms with Gasteiger partial charge in [0.25, 0.3) is 0 Å². The van der Waals surface area contributed by atoms with Crippen molar-refractivity contribution in [3.8, 4) is 11.4 Å². The quantitative estimate of drug-likeness (QED) is 0.458. The first-order valence-electron chi connectivity index (χ1n) is 9.58. The van der Waals surface area contributed by atoms with Gasteiger partial charge in [-0.15, -0.1) is 10.2 Å². The fourth-order valence-electron chi connectivity index (χ4n) is 3.29. The van der Waals surface area contributed by atoms with Gasteiger partial charge in [-0.25, -0.2) is 4.39 Å². The summed E-state index contributed by atoms with van der Waals surface area (Å²) in [5.41, 5.74) is 1.43. The molecule has 0 aliphatic heterocycles. The highest BCUT2D eigenvalue weighted by Crippen LogP contribution is 2.25. The van der Waals surface area contributed by atoms with Gasteiger partial charge in [0.2, 0.25) is 5.91 Å². The van der Waals surface area contributed by atoms with Gasteiger partial charge in [-0.3, -0.25) is 4.79 Å². The number of fused-ring (bicyclic) bond motifs is 1. The van der Waals surface area contributed by atoms with Gasteiger partial charge in [0, 0.05) is 7.05 Å². The summed E-state index contributed by atoms with van der Waals surface area (Å²) < 4.78 is 15.7. The molecule has 0 fully saturated rings. The van der Waals surface area contributed by atoms with Crippen molar-refractivity contribution in [3.05, 3.63) is 78.1 Å². The van der Waals surface area contributed by atoms with E-state index in [0.29, 0.717) is 16.5 Å². The van der Waals surface area contributed by atoms with Crippen molar-refractivity contribution in [1.29, 1.82) is 0 Å². The summed E-state index contributed by atoms with van der Waals surface area (Å²) in [4.78, 5) is 12.5. The van der Waals surface area contributed by atoms with E-state index >= 15 is 0 Å². The van der Waals surface area contributed by atoms with E-state index in [9.17, 15) is 9.18 Å². The van der Waals surface area contributed by atoms with Crippen LogP contribution in [0.4, 0.5) is 4.39 Å². The number of thioether (sulfide) groups is 1. The minimum atomic E-state index is -0.355. The number of aromatic nitrogens is 3. The van der Waals surface area contributed by atoms with Crippen molar-refractivity contribution in [2.75, 3.05) is 5.75 Å². The fourth-order valence-corrected chi connectivity index (χ4v) is 4.01. The van der Waals surface area contributed by atoms with Gasteiger partial charge in [0.15, 0.2) is 11.0 Å². The number of carbonyl (C=O) groups is 1. The van der Waals surface area contributed by atoms with E-state index in [0.717, 1.165) is 10.9 Å². The lowest BCUT2D eigenvalue weighted by molar-refractivity contribution is -0.119. The molecule has 1 amide bonds. The lowest BCUT2D eigenvalue weighted by Gasteiger charge is -2.15. The van der Waals surface area contributed by atoms with Crippen molar-refractivity contribution in [2.24, 2.45) is 7.05 Å². The second-order valence-corrected chi connectivity index (χ2v) is 7.97. The maximum Gasteiger partial charge on any atom is 0.230 e. The van der Waals surface area contributed by atoms with Crippen molar-refractivity contribution in [1.82, 2.24) is 20.1 Å². The zero-order valence-corrected chi connectivity index (χ0v) is 17.5. The summed E-state index contributed by atoms with van der Waals surface area (Å²) >= 11 is 1.27. The van der Waals surface area contributed by atoms with E-state index in [2.05, 4.69) is 39.8 Å². The molecule has 1 N–H and O–H groups in total. The SMILES string of the molecule is CC(NC(=O)CSc1nnc(-c2ccccc2F)n1C)c1ccc2ccccc2c1. The second-order valence-electron chi connectivity index (χ2n) is 7.03. The Hall–Kier alpha value is -3.19. The molecule has 0 saturated carbocycles. The van der Waals surface area contributed by atoms with Crippen LogP contribution in [0.1, 0.15) is 18.5 Å². The summed E-state index contributed by atoms with van der Waals surface area (Å²) in [7, 11) is 1.76. The highest BCUT2D eigenvalue weighted by molar-refractivity contribution is 7.99. The first-order valence-corrected chi connectivity index (χ1v) is 10.6. The molecule has 4 rings (SSSR count). The van der Waals surface area contributed by atoms with Gasteiger partial charge in [0.05, 0.1) is 17.4 Å². The lowest BCUT2D eigenvalue weighted by Crippen LogP contribution is -2.28. The predicted octanol–water partition coefficient (Wildman–Crippen LogP) is 4.74. The number of nitrogens with one attached hydrogen (secondary N) is 1. The van der Waals surface area contributed by atoms with E-state index in [1.54, 1.807) is 29.8 Å². The van der Waals surface area contributed by atoms with Gasteiger partial charge in [-0.05, 0) is 41.5 Å². The van der Waals surface area contributed by atoms with Crippen LogP contribution >= 0.6 is 11.8 Å². The maximum absolute atomic E-state index is 14.0. The molecule has 30 heavy (non-hydrogen) atoms. The monoisotopic (exact) mass is 420 g/mol. The summed E-state index contributed by atoms with van der Waals surface area (Å²) in [6.07, 6.45) is 0. The molecule has 5 nitrogen and oxygen atoms in total. The van der Waals surface area contributed by atoms with Crippen molar-refractivity contribution in [2.45, 2.75) is 18.1 Å². The second kappa shape index (κ2) is 8.67. The number of benzene rings is 3. The number of hydrogen-bond donors (Lipinski definition) is 1. The number of amides is 1. The molecule has 0 radical (unpaired) electrons. The average molecular weight is 421 g/mol. The molecule has 1 heterocycles. The van der Waals surface area contributed by atoms with Gasteiger partial charge >= 0.3 is 0 Å². The molecular weight excluding hydrogens is 399 g/mol. The molecule has 0 aliphatic carbocycles. The number of carbonyl (C=O) groups excluding carboxylic acids is 1. The summed E-state index contributed by atoms with van der Waals surface area (Å²) in [5.74, 6) is 0.171. The summed E-state index contributed by atoms with van der Waals surface area (Å²) in [6, 6.07) is 20.6. The Morgan fingerprint density at radius 3 is 2.60 bits per heavy atom. The maximum atomic E-state index is 14.0. The molecule has 4 aromatic rings. The zero-order valence-electron chi connectivity index (χ0n) is 16.7. The Labute approximate surface area is 178 Å². The lowest BCUT2D eigenvalue weighted by atomic mass is 10.0. The fraction of sp³-hybridized carbons (Fsp3) is 0.174. The van der Waals surface area contributed by atoms with Crippen LogP contribution in [0.2, 0.25) is 0 Å². The number of hydrogen-bond acceptors (Lipinski definition) is 4. The molecule has 152 valence electrons. The Balaban J connectivity index is 1.39. The smallest absolute Gasteiger partial charge is 0.230 e. The number of rotatable bonds is 6. The third-order valence-electron chi connectivity index (χ3n) is 4.93. The van der Waals surface area contributed by atoms with Gasteiger partial charge in [-0.1, -0.05) is 60.3 Å². The predicted molar refractivity (Wildman–Crippen MR) is 118 cm³/mol. The van der Waals surface area contributed by atoms with Crippen LogP contribution in [0.15, 0.2) is 71.9 Å². The molecule has 7 heteroatoms. The number of nitrogens with zero attached hydrogens (tertiary/aromatic N) is 3. The van der Waals surface area contributed by atoms with Gasteiger partial charge < -0.3 is 9.88 Å². The minimum Gasteiger partial charge on any atom is -0.349 e. The van der Waals surface area contributed by atoms with Crippen LogP contribution in [0.3, 0.4) is 0 Å². The molecule has 0 saturated heterocycles. The van der Waals surface area contributed by atoms with E-state index in [4.69, 9.17) is 0 Å². The van der Waals surface area contributed by atoms with Crippen LogP contribution < -0.4 is 5.32 Å². The Bertz CT molecular complexity index is 1210. The Morgan fingerprint density at radius 1 is 1.07 bits per heavy atom. The molecule has 3 aromatic carbocycles. The standard InChI is InChI=1S/C23H21FN4OS/c1-15(17-12-11-16-7-3-4-8-18(16)13-17)25-21(29)14-30-23-27-26-22(28(23)2)19-9-5-6-10-20(19)24/h3-13,15H,14H2,1-2H3,(H,25,29). The summed E-state index contributed by atoms with van der Waals surface area (Å²) in [5, 5.41) is 14.1. The highest BCUT2D eigenvalue weighted by atomic mass is 32.2. The largest absolute Gasteiger partial charge is 0.349 e. The normalized spacial score (nSPS) is 12.1. The molecule has 1 unspecified atom stereocenters. The molecule has 1 atom stereocenters. The molecule has 1 aromatic heterocycles. The average Bonchev–Trinajstić information content (AvgIpc) is 3.12. The molecule has 0 bridgehead atoms. The van der Waals surface area contributed by atoms with Gasteiger partial charge in [0.1, 0.15) is 5.82 Å². The van der Waals surface area contributed by atoms with Gasteiger partial charge in [-0.2, -0.15) is 0 Å². The topological polar surface area (TPSA) is 59.8 Å². The van der Waals surface area contributed by atoms with Crippen LogP contribution in [0.5, 0.6) is 0 Å². The highest BCUT2D eigenvalue weighted by Gasteiger charge is 2.16. The van der Waals surface area contributed by atoms with Crippen LogP contribution in [0.25, 0.3) is 22.2 Å². The van der Waals surface area contributed by atoms with E-state index in [1.807, 2.05) is 25.1 Å². The Kier molecular flexibility index (Phi) is 5.81. The number of halogens is 1. The molecule has 0 spiro atoms. The van der Waals surface area contributed by atoms with Crippen molar-refractivity contribution in [3.63, 3.8) is 0 Å². The van der Waals surface area contributed by atoms with Crippen LogP contribution in [-0.2, 0) is 11.8 Å². The van der Waals surface area contributed by atoms with Crippen LogP contribution in [0, 0.1) is 5.82 Å². The first-order chi connectivity index (χ1) is 14.5. The van der Waals surface area contributed by atoms with Crippen molar-refractivity contribution >= 4 is 28.4 Å². The third-order valence-corrected chi connectivity index (χ3v) is 5.95. The first kappa shape index (κ1) is 20.1. The molecular formula is C23H21FN4OS. The summed E-state index contributed by atoms with van der Waals surface area (Å²) in [6.45, 7) is 1.96. The van der Waals surface area contributed by atoms with Crippen molar-refractivity contribution < 1.29 is 9.18 Å². The molecule has 0 aliphatic rings.